The summed E-state index contributed by atoms with van der Waals surface area (Å²) < 4.78 is 5.43. The third-order valence-electron chi connectivity index (χ3n) is 3.68. The van der Waals surface area contributed by atoms with E-state index >= 15 is 0 Å². The minimum absolute atomic E-state index is 0.0306. The van der Waals surface area contributed by atoms with Crippen LogP contribution in [-0.2, 0) is 9.53 Å². The fourth-order valence-electron chi connectivity index (χ4n) is 2.74. The van der Waals surface area contributed by atoms with Crippen LogP contribution in [0.4, 0.5) is 5.00 Å². The second-order valence-corrected chi connectivity index (χ2v) is 6.07. The minimum Gasteiger partial charge on any atom is -0.444 e. The van der Waals surface area contributed by atoms with E-state index in [0.29, 0.717) is 35.5 Å². The van der Waals surface area contributed by atoms with Gasteiger partial charge in [0.15, 0.2) is 5.78 Å². The molecular formula is C14H11N3O4S. The molecule has 0 saturated heterocycles. The Morgan fingerprint density at radius 3 is 2.86 bits per heavy atom. The molecule has 2 N–H and O–H groups in total. The van der Waals surface area contributed by atoms with Crippen LogP contribution in [0, 0.1) is 21.4 Å². The van der Waals surface area contributed by atoms with E-state index in [1.165, 1.54) is 6.07 Å². The molecule has 1 aliphatic heterocycles. The predicted molar refractivity (Wildman–Crippen MR) is 77.5 cm³/mol. The smallest absolute Gasteiger partial charge is 0.324 e. The summed E-state index contributed by atoms with van der Waals surface area (Å²) in [5.41, 5.74) is 6.34. The van der Waals surface area contributed by atoms with E-state index in [0.717, 1.165) is 11.3 Å². The molecule has 0 unspecified atom stereocenters. The van der Waals surface area contributed by atoms with Gasteiger partial charge in [0.1, 0.15) is 17.4 Å². The van der Waals surface area contributed by atoms with Crippen molar-refractivity contribution >= 4 is 22.1 Å². The molecule has 112 valence electrons. The molecule has 2 heterocycles. The van der Waals surface area contributed by atoms with Gasteiger partial charge in [-0.3, -0.25) is 14.9 Å². The van der Waals surface area contributed by atoms with Crippen LogP contribution >= 0.6 is 11.3 Å². The molecule has 1 atom stereocenters. The van der Waals surface area contributed by atoms with E-state index in [-0.39, 0.29) is 22.2 Å². The Bertz CT molecular complexity index is 784. The van der Waals surface area contributed by atoms with Crippen molar-refractivity contribution < 1.29 is 14.5 Å². The number of carbonyl (C=O) groups excluding carboxylic acids is 1. The quantitative estimate of drug-likeness (QED) is 0.661. The van der Waals surface area contributed by atoms with E-state index in [1.807, 2.05) is 6.07 Å². The predicted octanol–water partition coefficient (Wildman–Crippen LogP) is 2.47. The lowest BCUT2D eigenvalue weighted by Gasteiger charge is -2.30. The third kappa shape index (κ3) is 2.16. The van der Waals surface area contributed by atoms with Crippen LogP contribution < -0.4 is 5.73 Å². The standard InChI is InChI=1S/C14H11N3O4S/c15-6-7-12(10-4-5-11(22-10)17(19)20)13-8(18)2-1-3-9(13)21-14(7)16/h4-5,12H,1-3,16H2/t12-/m1/s1. The zero-order valence-electron chi connectivity index (χ0n) is 11.4. The number of allylic oxidation sites excluding steroid dienone is 3. The topological polar surface area (TPSA) is 119 Å². The maximum absolute atomic E-state index is 12.3. The number of hydrogen-bond acceptors (Lipinski definition) is 7. The van der Waals surface area contributed by atoms with Crippen molar-refractivity contribution in [2.45, 2.75) is 25.2 Å². The highest BCUT2D eigenvalue weighted by Gasteiger charge is 2.39. The van der Waals surface area contributed by atoms with Gasteiger partial charge in [-0.05, 0) is 12.5 Å². The maximum Gasteiger partial charge on any atom is 0.324 e. The normalized spacial score (nSPS) is 21.2. The first-order valence-corrected chi connectivity index (χ1v) is 7.42. The summed E-state index contributed by atoms with van der Waals surface area (Å²) in [6.45, 7) is 0. The van der Waals surface area contributed by atoms with Gasteiger partial charge in [0.2, 0.25) is 5.88 Å². The molecule has 1 aromatic heterocycles. The van der Waals surface area contributed by atoms with Crippen LogP contribution in [0.2, 0.25) is 0 Å². The Morgan fingerprint density at radius 2 is 2.23 bits per heavy atom. The Morgan fingerprint density at radius 1 is 1.45 bits per heavy atom. The average molecular weight is 317 g/mol. The number of rotatable bonds is 2. The lowest BCUT2D eigenvalue weighted by Crippen LogP contribution is -2.26. The van der Waals surface area contributed by atoms with Gasteiger partial charge in [0.05, 0.1) is 10.8 Å². The summed E-state index contributed by atoms with van der Waals surface area (Å²) in [6.07, 6.45) is 1.62. The molecule has 0 saturated carbocycles. The second-order valence-electron chi connectivity index (χ2n) is 4.97. The summed E-state index contributed by atoms with van der Waals surface area (Å²) in [5.74, 6) is -0.311. The molecule has 0 amide bonds. The third-order valence-corrected chi connectivity index (χ3v) is 4.78. The lowest BCUT2D eigenvalue weighted by molar-refractivity contribution is -0.380. The largest absolute Gasteiger partial charge is 0.444 e. The Hall–Kier alpha value is -2.66. The average Bonchev–Trinajstić information content (AvgIpc) is 2.95. The summed E-state index contributed by atoms with van der Waals surface area (Å²) in [4.78, 5) is 23.2. The van der Waals surface area contributed by atoms with Crippen molar-refractivity contribution in [3.8, 4) is 6.07 Å². The number of hydrogen-bond donors (Lipinski definition) is 1. The van der Waals surface area contributed by atoms with Crippen LogP contribution in [-0.4, -0.2) is 10.7 Å². The van der Waals surface area contributed by atoms with Crippen molar-refractivity contribution in [2.75, 3.05) is 0 Å². The van der Waals surface area contributed by atoms with E-state index in [1.54, 1.807) is 6.07 Å². The molecule has 3 rings (SSSR count). The van der Waals surface area contributed by atoms with Gasteiger partial charge in [-0.15, -0.1) is 0 Å². The highest BCUT2D eigenvalue weighted by molar-refractivity contribution is 7.15. The van der Waals surface area contributed by atoms with Gasteiger partial charge < -0.3 is 10.5 Å². The van der Waals surface area contributed by atoms with Crippen molar-refractivity contribution in [1.29, 1.82) is 5.26 Å². The molecular weight excluding hydrogens is 306 g/mol. The van der Waals surface area contributed by atoms with Gasteiger partial charge in [0, 0.05) is 29.4 Å². The first-order valence-electron chi connectivity index (χ1n) is 6.61. The highest BCUT2D eigenvalue weighted by Crippen LogP contribution is 2.46. The molecule has 2 aliphatic rings. The molecule has 1 aliphatic carbocycles. The first kappa shape index (κ1) is 14.3. The molecule has 0 spiro atoms. The van der Waals surface area contributed by atoms with Crippen LogP contribution in [0.25, 0.3) is 0 Å². The minimum atomic E-state index is -0.666. The van der Waals surface area contributed by atoms with Gasteiger partial charge in [0.25, 0.3) is 0 Å². The molecule has 0 fully saturated rings. The zero-order valence-corrected chi connectivity index (χ0v) is 12.2. The van der Waals surface area contributed by atoms with Crippen LogP contribution in [0.5, 0.6) is 0 Å². The summed E-state index contributed by atoms with van der Waals surface area (Å²) >= 11 is 0.945. The number of Topliss-reactive ketones (excluding diaryl/α,β-unsaturated/α-hetero) is 1. The van der Waals surface area contributed by atoms with Gasteiger partial charge >= 0.3 is 5.00 Å². The number of carbonyl (C=O) groups is 1. The zero-order chi connectivity index (χ0) is 15.9. The van der Waals surface area contributed by atoms with Gasteiger partial charge in [-0.1, -0.05) is 11.3 Å². The fraction of sp³-hybridized carbons (Fsp3) is 0.286. The first-order chi connectivity index (χ1) is 10.5. The number of thiophene rings is 1. The van der Waals surface area contributed by atoms with Gasteiger partial charge in [-0.2, -0.15) is 5.26 Å². The fourth-order valence-corrected chi connectivity index (χ4v) is 3.68. The highest BCUT2D eigenvalue weighted by atomic mass is 32.1. The molecule has 22 heavy (non-hydrogen) atoms. The Kier molecular flexibility index (Phi) is 3.42. The molecule has 8 heteroatoms. The monoisotopic (exact) mass is 317 g/mol. The SMILES string of the molecule is N#CC1=C(N)OC2=C(C(=O)CCC2)[C@H]1c1ccc([N+](=O)[O-])s1. The van der Waals surface area contributed by atoms with Crippen molar-refractivity contribution in [3.63, 3.8) is 0 Å². The van der Waals surface area contributed by atoms with E-state index in [9.17, 15) is 20.2 Å². The van der Waals surface area contributed by atoms with E-state index in [4.69, 9.17) is 10.5 Å². The van der Waals surface area contributed by atoms with E-state index < -0.39 is 10.8 Å². The van der Waals surface area contributed by atoms with Crippen LogP contribution in [0.3, 0.4) is 0 Å². The molecule has 0 aromatic carbocycles. The number of nitrogens with zero attached hydrogens (tertiary/aromatic N) is 2. The number of ketones is 1. The Labute approximate surface area is 129 Å². The number of nitrogens with two attached hydrogens (primary N) is 1. The van der Waals surface area contributed by atoms with Crippen LogP contribution in [0.1, 0.15) is 30.1 Å². The molecule has 0 bridgehead atoms. The van der Waals surface area contributed by atoms with Crippen molar-refractivity contribution in [3.05, 3.63) is 49.9 Å². The molecule has 7 nitrogen and oxygen atoms in total. The molecule has 0 radical (unpaired) electrons. The Balaban J connectivity index is 2.15. The summed E-state index contributed by atoms with van der Waals surface area (Å²) in [6, 6.07) is 4.91. The lowest BCUT2D eigenvalue weighted by atomic mass is 9.80. The number of nitriles is 1. The van der Waals surface area contributed by atoms with Crippen LogP contribution in [0.15, 0.2) is 34.9 Å². The second kappa shape index (κ2) is 5.27. The summed E-state index contributed by atoms with van der Waals surface area (Å²) in [7, 11) is 0. The van der Waals surface area contributed by atoms with E-state index in [2.05, 4.69) is 0 Å². The number of nitro groups is 1. The van der Waals surface area contributed by atoms with Crippen molar-refractivity contribution in [1.82, 2.24) is 0 Å². The van der Waals surface area contributed by atoms with Gasteiger partial charge in [-0.25, -0.2) is 0 Å². The summed E-state index contributed by atoms with van der Waals surface area (Å²) in [5, 5.41) is 20.2. The number of ether oxygens (including phenoxy) is 1. The van der Waals surface area contributed by atoms with Crippen molar-refractivity contribution in [2.24, 2.45) is 5.73 Å². The molecule has 1 aromatic rings. The maximum atomic E-state index is 12.3.